The Kier molecular flexibility index (Phi) is 4.27. The molecule has 2 atom stereocenters. The molecule has 4 heteroatoms. The van der Waals surface area contributed by atoms with Crippen molar-refractivity contribution >= 4 is 11.8 Å². The maximum Gasteiger partial charge on any atom is 0.222 e. The van der Waals surface area contributed by atoms with E-state index in [2.05, 4.69) is 5.32 Å². The van der Waals surface area contributed by atoms with Crippen molar-refractivity contribution < 1.29 is 9.59 Å². The number of likely N-dealkylation sites (tertiary alicyclic amines) is 1. The molecule has 20 heavy (non-hydrogen) atoms. The summed E-state index contributed by atoms with van der Waals surface area (Å²) >= 11 is 0. The molecule has 0 aromatic carbocycles. The zero-order valence-electron chi connectivity index (χ0n) is 12.3. The molecule has 0 radical (unpaired) electrons. The Bertz CT molecular complexity index is 377. The maximum absolute atomic E-state index is 12.3. The fraction of sp³-hybridized carbons (Fsp3) is 0.875. The highest BCUT2D eigenvalue weighted by molar-refractivity contribution is 5.78. The number of rotatable bonds is 3. The van der Waals surface area contributed by atoms with Gasteiger partial charge < -0.3 is 10.2 Å². The van der Waals surface area contributed by atoms with Gasteiger partial charge in [0, 0.05) is 25.9 Å². The van der Waals surface area contributed by atoms with E-state index in [-0.39, 0.29) is 11.9 Å². The van der Waals surface area contributed by atoms with Crippen molar-refractivity contribution in [2.75, 3.05) is 13.1 Å². The van der Waals surface area contributed by atoms with Gasteiger partial charge in [-0.2, -0.15) is 0 Å². The summed E-state index contributed by atoms with van der Waals surface area (Å²) in [6, 6.07) is 0.209. The van der Waals surface area contributed by atoms with E-state index in [0.29, 0.717) is 24.7 Å². The van der Waals surface area contributed by atoms with Crippen LogP contribution in [0.2, 0.25) is 0 Å². The first kappa shape index (κ1) is 13.9. The molecule has 4 nitrogen and oxygen atoms in total. The number of nitrogens with one attached hydrogen (secondary N) is 1. The molecule has 1 aliphatic carbocycles. The SMILES string of the molecule is O=C1CCC[C@@H]2CN(C(=O)CCC3CCCC3)C[C@@H]2N1. The van der Waals surface area contributed by atoms with E-state index in [9.17, 15) is 9.59 Å². The number of carbonyl (C=O) groups is 2. The van der Waals surface area contributed by atoms with Gasteiger partial charge in [0.1, 0.15) is 0 Å². The molecule has 112 valence electrons. The lowest BCUT2D eigenvalue weighted by Crippen LogP contribution is -2.39. The van der Waals surface area contributed by atoms with Gasteiger partial charge in [0.2, 0.25) is 11.8 Å². The van der Waals surface area contributed by atoms with E-state index in [0.717, 1.165) is 38.3 Å². The van der Waals surface area contributed by atoms with E-state index >= 15 is 0 Å². The molecule has 2 saturated heterocycles. The summed E-state index contributed by atoms with van der Waals surface area (Å²) in [5.41, 5.74) is 0. The molecular weight excluding hydrogens is 252 g/mol. The Labute approximate surface area is 121 Å². The third kappa shape index (κ3) is 3.15. The Hall–Kier alpha value is -1.06. The van der Waals surface area contributed by atoms with Gasteiger partial charge in [-0.25, -0.2) is 0 Å². The fourth-order valence-electron chi connectivity index (χ4n) is 4.12. The normalized spacial score (nSPS) is 31.0. The molecule has 2 heterocycles. The number of nitrogens with zero attached hydrogens (tertiary/aromatic N) is 1. The highest BCUT2D eigenvalue weighted by atomic mass is 16.2. The van der Waals surface area contributed by atoms with Crippen molar-refractivity contribution in [1.29, 1.82) is 0 Å². The molecule has 3 aliphatic rings. The monoisotopic (exact) mass is 278 g/mol. The molecule has 0 bridgehead atoms. The van der Waals surface area contributed by atoms with Crippen LogP contribution in [0.3, 0.4) is 0 Å². The molecule has 3 fully saturated rings. The Morgan fingerprint density at radius 3 is 2.75 bits per heavy atom. The molecular formula is C16H26N2O2. The van der Waals surface area contributed by atoms with Crippen LogP contribution in [-0.2, 0) is 9.59 Å². The van der Waals surface area contributed by atoms with Gasteiger partial charge in [-0.3, -0.25) is 9.59 Å². The van der Waals surface area contributed by atoms with Crippen LogP contribution < -0.4 is 5.32 Å². The molecule has 3 rings (SSSR count). The van der Waals surface area contributed by atoms with Crippen LogP contribution in [0.25, 0.3) is 0 Å². The Balaban J connectivity index is 1.48. The summed E-state index contributed by atoms with van der Waals surface area (Å²) < 4.78 is 0. The zero-order chi connectivity index (χ0) is 13.9. The second-order valence-electron chi connectivity index (χ2n) is 6.81. The molecule has 2 aliphatic heterocycles. The van der Waals surface area contributed by atoms with E-state index < -0.39 is 0 Å². The lowest BCUT2D eigenvalue weighted by atomic mass is 9.99. The van der Waals surface area contributed by atoms with Gasteiger partial charge in [-0.15, -0.1) is 0 Å². The Morgan fingerprint density at radius 1 is 1.15 bits per heavy atom. The fourth-order valence-corrected chi connectivity index (χ4v) is 4.12. The lowest BCUT2D eigenvalue weighted by Gasteiger charge is -2.18. The second-order valence-corrected chi connectivity index (χ2v) is 6.81. The van der Waals surface area contributed by atoms with Crippen molar-refractivity contribution in [3.05, 3.63) is 0 Å². The van der Waals surface area contributed by atoms with Crippen LogP contribution in [0, 0.1) is 11.8 Å². The molecule has 0 aromatic rings. The van der Waals surface area contributed by atoms with Crippen LogP contribution in [-0.4, -0.2) is 35.8 Å². The first-order valence-electron chi connectivity index (χ1n) is 8.29. The van der Waals surface area contributed by atoms with Crippen molar-refractivity contribution in [3.63, 3.8) is 0 Å². The third-order valence-corrected chi connectivity index (χ3v) is 5.36. The number of amides is 2. The molecule has 1 N–H and O–H groups in total. The Morgan fingerprint density at radius 2 is 1.95 bits per heavy atom. The van der Waals surface area contributed by atoms with Crippen LogP contribution in [0.5, 0.6) is 0 Å². The first-order valence-corrected chi connectivity index (χ1v) is 8.29. The average molecular weight is 278 g/mol. The first-order chi connectivity index (χ1) is 9.72. The largest absolute Gasteiger partial charge is 0.351 e. The van der Waals surface area contributed by atoms with Crippen LogP contribution in [0.1, 0.15) is 57.8 Å². The highest BCUT2D eigenvalue weighted by Gasteiger charge is 2.37. The maximum atomic E-state index is 12.3. The lowest BCUT2D eigenvalue weighted by molar-refractivity contribution is -0.131. The number of hydrogen-bond donors (Lipinski definition) is 1. The third-order valence-electron chi connectivity index (χ3n) is 5.36. The minimum Gasteiger partial charge on any atom is -0.351 e. The predicted molar refractivity (Wildman–Crippen MR) is 77.0 cm³/mol. The second kappa shape index (κ2) is 6.15. The summed E-state index contributed by atoms with van der Waals surface area (Å²) in [7, 11) is 0. The van der Waals surface area contributed by atoms with E-state index in [1.165, 1.54) is 25.7 Å². The summed E-state index contributed by atoms with van der Waals surface area (Å²) in [6.45, 7) is 1.59. The topological polar surface area (TPSA) is 49.4 Å². The van der Waals surface area contributed by atoms with Crippen molar-refractivity contribution in [2.45, 2.75) is 63.8 Å². The summed E-state index contributed by atoms with van der Waals surface area (Å²) in [4.78, 5) is 25.9. The molecule has 2 amide bonds. The zero-order valence-corrected chi connectivity index (χ0v) is 12.3. The van der Waals surface area contributed by atoms with Crippen molar-refractivity contribution in [2.24, 2.45) is 11.8 Å². The van der Waals surface area contributed by atoms with Gasteiger partial charge in [0.25, 0.3) is 0 Å². The minimum atomic E-state index is 0.165. The van der Waals surface area contributed by atoms with E-state index in [1.54, 1.807) is 0 Å². The summed E-state index contributed by atoms with van der Waals surface area (Å²) in [6.07, 6.45) is 9.80. The van der Waals surface area contributed by atoms with Crippen LogP contribution >= 0.6 is 0 Å². The number of fused-ring (bicyclic) bond motifs is 1. The van der Waals surface area contributed by atoms with Crippen LogP contribution in [0.15, 0.2) is 0 Å². The number of hydrogen-bond acceptors (Lipinski definition) is 2. The average Bonchev–Trinajstić information content (AvgIpc) is 3.04. The quantitative estimate of drug-likeness (QED) is 0.859. The van der Waals surface area contributed by atoms with Crippen molar-refractivity contribution in [1.82, 2.24) is 10.2 Å². The molecule has 1 saturated carbocycles. The van der Waals surface area contributed by atoms with Gasteiger partial charge in [0.15, 0.2) is 0 Å². The van der Waals surface area contributed by atoms with Gasteiger partial charge in [0.05, 0.1) is 6.04 Å². The van der Waals surface area contributed by atoms with Crippen molar-refractivity contribution in [3.8, 4) is 0 Å². The van der Waals surface area contributed by atoms with E-state index in [4.69, 9.17) is 0 Å². The highest BCUT2D eigenvalue weighted by Crippen LogP contribution is 2.30. The standard InChI is InChI=1S/C16H26N2O2/c19-15-7-3-6-13-10-18(11-14(13)17-15)16(20)9-8-12-4-1-2-5-12/h12-14H,1-11H2,(H,17,19)/t13-,14+/m1/s1. The molecule has 0 unspecified atom stereocenters. The van der Waals surface area contributed by atoms with E-state index in [1.807, 2.05) is 4.90 Å². The summed E-state index contributed by atoms with van der Waals surface area (Å²) in [5.74, 6) is 1.74. The van der Waals surface area contributed by atoms with Gasteiger partial charge in [-0.1, -0.05) is 25.7 Å². The minimum absolute atomic E-state index is 0.165. The number of carbonyl (C=O) groups excluding carboxylic acids is 2. The van der Waals surface area contributed by atoms with Gasteiger partial charge >= 0.3 is 0 Å². The van der Waals surface area contributed by atoms with Gasteiger partial charge in [-0.05, 0) is 31.1 Å². The smallest absolute Gasteiger partial charge is 0.222 e. The van der Waals surface area contributed by atoms with Crippen LogP contribution in [0.4, 0.5) is 0 Å². The predicted octanol–water partition coefficient (Wildman–Crippen LogP) is 2.08. The summed E-state index contributed by atoms with van der Waals surface area (Å²) in [5, 5.41) is 3.09. The molecule has 0 aromatic heterocycles. The molecule has 0 spiro atoms.